The van der Waals surface area contributed by atoms with Gasteiger partial charge in [-0.3, -0.25) is 0 Å². The second-order valence-corrected chi connectivity index (χ2v) is 6.70. The van der Waals surface area contributed by atoms with Crippen LogP contribution in [0.25, 0.3) is 0 Å². The number of hydroxylamine groups is 2. The molecule has 5 nitrogen and oxygen atoms in total. The molecule has 0 atom stereocenters. The minimum Gasteiger partial charge on any atom is -0.407 e. The predicted molar refractivity (Wildman–Crippen MR) is 105 cm³/mol. The number of nitrogens with zero attached hydrogens (tertiary/aromatic N) is 3. The van der Waals surface area contributed by atoms with Gasteiger partial charge in [-0.1, -0.05) is 42.5 Å². The Morgan fingerprint density at radius 1 is 0.846 bits per heavy atom. The zero-order valence-electron chi connectivity index (χ0n) is 16.2. The SMILES string of the molecule is CN(C)Oc1ccc(CN(C)C(=O)N(C)CCCc2ccccc2)cc1. The van der Waals surface area contributed by atoms with E-state index < -0.39 is 0 Å². The average molecular weight is 355 g/mol. The lowest BCUT2D eigenvalue weighted by atomic mass is 10.1. The first kappa shape index (κ1) is 19.8. The van der Waals surface area contributed by atoms with Gasteiger partial charge in [0.05, 0.1) is 0 Å². The van der Waals surface area contributed by atoms with E-state index in [1.54, 1.807) is 14.9 Å². The maximum absolute atomic E-state index is 12.5. The van der Waals surface area contributed by atoms with Gasteiger partial charge in [0.25, 0.3) is 0 Å². The van der Waals surface area contributed by atoms with Crippen molar-refractivity contribution in [2.75, 3.05) is 34.7 Å². The van der Waals surface area contributed by atoms with Crippen molar-refractivity contribution in [3.05, 3.63) is 65.7 Å². The van der Waals surface area contributed by atoms with E-state index >= 15 is 0 Å². The molecule has 26 heavy (non-hydrogen) atoms. The smallest absolute Gasteiger partial charge is 0.319 e. The first-order valence-corrected chi connectivity index (χ1v) is 8.90. The lowest BCUT2D eigenvalue weighted by Crippen LogP contribution is -2.38. The van der Waals surface area contributed by atoms with Crippen LogP contribution in [0.1, 0.15) is 17.5 Å². The molecule has 0 unspecified atom stereocenters. The summed E-state index contributed by atoms with van der Waals surface area (Å²) in [6.45, 7) is 1.32. The summed E-state index contributed by atoms with van der Waals surface area (Å²) < 4.78 is 0. The molecule has 5 heteroatoms. The Hall–Kier alpha value is -2.53. The van der Waals surface area contributed by atoms with Gasteiger partial charge >= 0.3 is 6.03 Å². The summed E-state index contributed by atoms with van der Waals surface area (Å²) in [5.41, 5.74) is 2.38. The molecule has 2 aromatic rings. The van der Waals surface area contributed by atoms with Gasteiger partial charge in [-0.15, -0.1) is 0 Å². The quantitative estimate of drug-likeness (QED) is 0.678. The van der Waals surface area contributed by atoms with Crippen LogP contribution in [0.3, 0.4) is 0 Å². The highest BCUT2D eigenvalue weighted by molar-refractivity contribution is 5.73. The average Bonchev–Trinajstić information content (AvgIpc) is 2.63. The maximum atomic E-state index is 12.5. The largest absolute Gasteiger partial charge is 0.407 e. The van der Waals surface area contributed by atoms with Crippen molar-refractivity contribution in [3.8, 4) is 5.75 Å². The third-order valence-corrected chi connectivity index (χ3v) is 4.09. The molecule has 0 radical (unpaired) electrons. The molecule has 0 saturated carbocycles. The minimum absolute atomic E-state index is 0.0340. The van der Waals surface area contributed by atoms with E-state index in [1.807, 2.05) is 70.7 Å². The second kappa shape index (κ2) is 9.82. The van der Waals surface area contributed by atoms with E-state index in [0.29, 0.717) is 6.54 Å². The number of benzene rings is 2. The molecule has 0 heterocycles. The van der Waals surface area contributed by atoms with Crippen molar-refractivity contribution in [2.45, 2.75) is 19.4 Å². The monoisotopic (exact) mass is 355 g/mol. The summed E-state index contributed by atoms with van der Waals surface area (Å²) >= 11 is 0. The lowest BCUT2D eigenvalue weighted by Gasteiger charge is -2.25. The van der Waals surface area contributed by atoms with Crippen LogP contribution in [-0.2, 0) is 13.0 Å². The minimum atomic E-state index is 0.0340. The number of hydrogen-bond donors (Lipinski definition) is 0. The van der Waals surface area contributed by atoms with Crippen molar-refractivity contribution in [2.24, 2.45) is 0 Å². The van der Waals surface area contributed by atoms with Crippen molar-refractivity contribution >= 4 is 6.03 Å². The van der Waals surface area contributed by atoms with E-state index in [0.717, 1.165) is 30.7 Å². The molecule has 0 aromatic heterocycles. The number of rotatable bonds is 8. The highest BCUT2D eigenvalue weighted by Crippen LogP contribution is 2.14. The van der Waals surface area contributed by atoms with Gasteiger partial charge < -0.3 is 14.6 Å². The van der Waals surface area contributed by atoms with E-state index in [2.05, 4.69) is 12.1 Å². The van der Waals surface area contributed by atoms with Gasteiger partial charge in [-0.05, 0) is 36.1 Å². The summed E-state index contributed by atoms with van der Waals surface area (Å²) in [5, 5.41) is 1.65. The number of carbonyl (C=O) groups is 1. The van der Waals surface area contributed by atoms with Crippen molar-refractivity contribution in [1.29, 1.82) is 0 Å². The fourth-order valence-corrected chi connectivity index (χ4v) is 2.76. The summed E-state index contributed by atoms with van der Waals surface area (Å²) in [7, 11) is 7.38. The zero-order chi connectivity index (χ0) is 18.9. The molecule has 0 N–H and O–H groups in total. The van der Waals surface area contributed by atoms with Crippen LogP contribution >= 0.6 is 0 Å². The van der Waals surface area contributed by atoms with Crippen molar-refractivity contribution in [1.82, 2.24) is 14.9 Å². The molecule has 140 valence electrons. The van der Waals surface area contributed by atoms with Gasteiger partial charge in [0, 0.05) is 41.3 Å². The Morgan fingerprint density at radius 2 is 1.50 bits per heavy atom. The number of aryl methyl sites for hydroxylation is 1. The van der Waals surface area contributed by atoms with E-state index in [4.69, 9.17) is 4.84 Å². The Labute approximate surface area is 156 Å². The fourth-order valence-electron chi connectivity index (χ4n) is 2.76. The Morgan fingerprint density at radius 3 is 2.12 bits per heavy atom. The van der Waals surface area contributed by atoms with Gasteiger partial charge in [0.15, 0.2) is 0 Å². The molecular formula is C21H29N3O2. The van der Waals surface area contributed by atoms with Crippen LogP contribution in [0.15, 0.2) is 54.6 Å². The molecule has 0 spiro atoms. The molecule has 0 fully saturated rings. The lowest BCUT2D eigenvalue weighted by molar-refractivity contribution is -0.00327. The van der Waals surface area contributed by atoms with Crippen LogP contribution < -0.4 is 4.84 Å². The molecule has 0 bridgehead atoms. The van der Waals surface area contributed by atoms with Crippen LogP contribution in [0.4, 0.5) is 4.79 Å². The Balaban J connectivity index is 1.78. The molecular weight excluding hydrogens is 326 g/mol. The highest BCUT2D eigenvalue weighted by atomic mass is 16.7. The van der Waals surface area contributed by atoms with Crippen molar-refractivity contribution in [3.63, 3.8) is 0 Å². The fraction of sp³-hybridized carbons (Fsp3) is 0.381. The Bertz CT molecular complexity index is 671. The second-order valence-electron chi connectivity index (χ2n) is 6.70. The maximum Gasteiger partial charge on any atom is 0.319 e. The van der Waals surface area contributed by atoms with Crippen molar-refractivity contribution < 1.29 is 9.63 Å². The van der Waals surface area contributed by atoms with E-state index in [1.165, 1.54) is 5.56 Å². The number of urea groups is 1. The third kappa shape index (κ3) is 6.41. The van der Waals surface area contributed by atoms with Crippen LogP contribution in [-0.4, -0.2) is 55.6 Å². The first-order chi connectivity index (χ1) is 12.5. The molecule has 0 aliphatic carbocycles. The zero-order valence-corrected chi connectivity index (χ0v) is 16.2. The highest BCUT2D eigenvalue weighted by Gasteiger charge is 2.14. The molecule has 0 aliphatic heterocycles. The number of carbonyl (C=O) groups excluding carboxylic acids is 1. The Kier molecular flexibility index (Phi) is 7.48. The predicted octanol–water partition coefficient (Wildman–Crippen LogP) is 3.66. The molecule has 2 amide bonds. The summed E-state index contributed by atoms with van der Waals surface area (Å²) in [4.78, 5) is 21.5. The third-order valence-electron chi connectivity index (χ3n) is 4.09. The normalized spacial score (nSPS) is 10.7. The van der Waals surface area contributed by atoms with Crippen LogP contribution in [0, 0.1) is 0 Å². The molecule has 2 aromatic carbocycles. The van der Waals surface area contributed by atoms with E-state index in [-0.39, 0.29) is 6.03 Å². The first-order valence-electron chi connectivity index (χ1n) is 8.90. The topological polar surface area (TPSA) is 36.0 Å². The van der Waals surface area contributed by atoms with Crippen LogP contribution in [0.5, 0.6) is 5.75 Å². The van der Waals surface area contributed by atoms with Gasteiger partial charge in [-0.2, -0.15) is 5.06 Å². The van der Waals surface area contributed by atoms with Gasteiger partial charge in [-0.25, -0.2) is 4.79 Å². The molecule has 0 saturated heterocycles. The van der Waals surface area contributed by atoms with Gasteiger partial charge in [0.1, 0.15) is 5.75 Å². The summed E-state index contributed by atoms with van der Waals surface area (Å²) in [6, 6.07) is 18.2. The number of hydrogen-bond acceptors (Lipinski definition) is 3. The standard InChI is InChI=1S/C21H29N3O2/c1-22(2)26-20-14-12-19(13-15-20)17-24(4)21(25)23(3)16-8-11-18-9-6-5-7-10-18/h5-7,9-10,12-15H,8,11,16-17H2,1-4H3. The van der Waals surface area contributed by atoms with Crippen LogP contribution in [0.2, 0.25) is 0 Å². The summed E-state index contributed by atoms with van der Waals surface area (Å²) in [6.07, 6.45) is 1.94. The van der Waals surface area contributed by atoms with Gasteiger partial charge in [0.2, 0.25) is 0 Å². The number of amides is 2. The molecule has 0 aliphatic rings. The van der Waals surface area contributed by atoms with E-state index in [9.17, 15) is 4.79 Å². The molecule has 2 rings (SSSR count). The summed E-state index contributed by atoms with van der Waals surface area (Å²) in [5.74, 6) is 0.783.